The minimum Gasteiger partial charge on any atom is -0.342 e. The van der Waals surface area contributed by atoms with Gasteiger partial charge in [0.2, 0.25) is 5.91 Å². The Labute approximate surface area is 124 Å². The Morgan fingerprint density at radius 3 is 3.00 bits per heavy atom. The molecule has 0 spiro atoms. The van der Waals surface area contributed by atoms with E-state index in [9.17, 15) is 4.79 Å². The van der Waals surface area contributed by atoms with Gasteiger partial charge >= 0.3 is 0 Å². The first kappa shape index (κ1) is 14.1. The SMILES string of the molecule is CCCC(N)C(=O)Nc1ccc2nc(C3CCC3)[nH]c2c1. The molecule has 1 saturated carbocycles. The summed E-state index contributed by atoms with van der Waals surface area (Å²) in [5, 5.41) is 2.87. The summed E-state index contributed by atoms with van der Waals surface area (Å²) in [5.41, 5.74) is 8.51. The topological polar surface area (TPSA) is 83.8 Å². The van der Waals surface area contributed by atoms with Crippen molar-refractivity contribution in [1.82, 2.24) is 9.97 Å². The molecule has 1 aliphatic rings. The molecule has 21 heavy (non-hydrogen) atoms. The zero-order chi connectivity index (χ0) is 14.8. The van der Waals surface area contributed by atoms with E-state index in [1.807, 2.05) is 25.1 Å². The average molecular weight is 286 g/mol. The van der Waals surface area contributed by atoms with Crippen molar-refractivity contribution in [2.24, 2.45) is 5.73 Å². The van der Waals surface area contributed by atoms with Crippen LogP contribution < -0.4 is 11.1 Å². The Morgan fingerprint density at radius 1 is 1.52 bits per heavy atom. The number of aromatic nitrogens is 2. The van der Waals surface area contributed by atoms with Gasteiger partial charge in [-0.1, -0.05) is 19.8 Å². The minimum absolute atomic E-state index is 0.130. The second kappa shape index (κ2) is 5.85. The summed E-state index contributed by atoms with van der Waals surface area (Å²) in [7, 11) is 0. The summed E-state index contributed by atoms with van der Waals surface area (Å²) in [4.78, 5) is 19.9. The molecule has 0 saturated heterocycles. The molecular formula is C16H22N4O. The zero-order valence-corrected chi connectivity index (χ0v) is 12.4. The number of aromatic amines is 1. The maximum atomic E-state index is 11.9. The molecule has 1 amide bonds. The van der Waals surface area contributed by atoms with Gasteiger partial charge in [0.25, 0.3) is 0 Å². The van der Waals surface area contributed by atoms with Gasteiger partial charge in [-0.15, -0.1) is 0 Å². The van der Waals surface area contributed by atoms with E-state index in [0.717, 1.165) is 29.0 Å². The smallest absolute Gasteiger partial charge is 0.241 e. The molecule has 2 aromatic rings. The fraction of sp³-hybridized carbons (Fsp3) is 0.500. The molecule has 4 N–H and O–H groups in total. The summed E-state index contributed by atoms with van der Waals surface area (Å²) in [5.74, 6) is 1.52. The molecule has 1 heterocycles. The summed E-state index contributed by atoms with van der Waals surface area (Å²) in [6, 6.07) is 5.30. The van der Waals surface area contributed by atoms with Gasteiger partial charge in [0.1, 0.15) is 5.82 Å². The number of carbonyl (C=O) groups is 1. The van der Waals surface area contributed by atoms with Crippen molar-refractivity contribution >= 4 is 22.6 Å². The average Bonchev–Trinajstić information content (AvgIpc) is 2.79. The van der Waals surface area contributed by atoms with Crippen molar-refractivity contribution in [1.29, 1.82) is 0 Å². The van der Waals surface area contributed by atoms with Crippen LogP contribution in [0.15, 0.2) is 18.2 Å². The van der Waals surface area contributed by atoms with E-state index < -0.39 is 6.04 Å². The predicted octanol–water partition coefficient (Wildman–Crippen LogP) is 2.90. The maximum absolute atomic E-state index is 11.9. The van der Waals surface area contributed by atoms with E-state index in [-0.39, 0.29) is 5.91 Å². The van der Waals surface area contributed by atoms with E-state index in [4.69, 9.17) is 5.73 Å². The van der Waals surface area contributed by atoms with Crippen LogP contribution in [0.5, 0.6) is 0 Å². The molecule has 112 valence electrons. The van der Waals surface area contributed by atoms with Crippen molar-refractivity contribution in [3.05, 3.63) is 24.0 Å². The normalized spacial score (nSPS) is 16.7. The van der Waals surface area contributed by atoms with E-state index >= 15 is 0 Å². The quantitative estimate of drug-likeness (QED) is 0.790. The van der Waals surface area contributed by atoms with E-state index in [0.29, 0.717) is 12.3 Å². The van der Waals surface area contributed by atoms with Crippen LogP contribution in [0, 0.1) is 0 Å². The number of hydrogen-bond donors (Lipinski definition) is 3. The van der Waals surface area contributed by atoms with Gasteiger partial charge in [0, 0.05) is 11.6 Å². The predicted molar refractivity (Wildman–Crippen MR) is 84.2 cm³/mol. The number of nitrogens with one attached hydrogen (secondary N) is 2. The van der Waals surface area contributed by atoms with Crippen molar-refractivity contribution in [2.75, 3.05) is 5.32 Å². The highest BCUT2D eigenvalue weighted by Gasteiger charge is 2.22. The third-order valence-corrected chi connectivity index (χ3v) is 4.20. The van der Waals surface area contributed by atoms with Gasteiger partial charge < -0.3 is 16.0 Å². The van der Waals surface area contributed by atoms with Crippen LogP contribution in [0.4, 0.5) is 5.69 Å². The lowest BCUT2D eigenvalue weighted by Crippen LogP contribution is -2.35. The Balaban J connectivity index is 1.75. The first-order valence-electron chi connectivity index (χ1n) is 7.73. The van der Waals surface area contributed by atoms with Crippen LogP contribution in [-0.2, 0) is 4.79 Å². The minimum atomic E-state index is -0.446. The largest absolute Gasteiger partial charge is 0.342 e. The number of H-pyrrole nitrogens is 1. The van der Waals surface area contributed by atoms with Gasteiger partial charge in [-0.05, 0) is 37.5 Å². The molecule has 1 aromatic heterocycles. The number of fused-ring (bicyclic) bond motifs is 1. The molecule has 1 aliphatic carbocycles. The molecule has 1 aromatic carbocycles. The van der Waals surface area contributed by atoms with Gasteiger partial charge in [0.15, 0.2) is 0 Å². The number of rotatable bonds is 5. The first-order valence-corrected chi connectivity index (χ1v) is 7.73. The number of carbonyl (C=O) groups excluding carboxylic acids is 1. The molecule has 1 unspecified atom stereocenters. The Kier molecular flexibility index (Phi) is 3.92. The van der Waals surface area contributed by atoms with Crippen LogP contribution in [-0.4, -0.2) is 21.9 Å². The number of nitrogens with zero attached hydrogens (tertiary/aromatic N) is 1. The molecular weight excluding hydrogens is 264 g/mol. The third-order valence-electron chi connectivity index (χ3n) is 4.20. The molecule has 3 rings (SSSR count). The number of amides is 1. The number of imidazole rings is 1. The van der Waals surface area contributed by atoms with E-state index in [1.54, 1.807) is 0 Å². The monoisotopic (exact) mass is 286 g/mol. The molecule has 5 nitrogen and oxygen atoms in total. The van der Waals surface area contributed by atoms with Gasteiger partial charge in [-0.3, -0.25) is 4.79 Å². The fourth-order valence-electron chi connectivity index (χ4n) is 2.66. The van der Waals surface area contributed by atoms with Crippen molar-refractivity contribution in [3.63, 3.8) is 0 Å². The lowest BCUT2D eigenvalue weighted by Gasteiger charge is -2.22. The van der Waals surface area contributed by atoms with Crippen LogP contribution >= 0.6 is 0 Å². The lowest BCUT2D eigenvalue weighted by molar-refractivity contribution is -0.117. The summed E-state index contributed by atoms with van der Waals surface area (Å²) >= 11 is 0. The lowest BCUT2D eigenvalue weighted by atomic mass is 9.85. The standard InChI is InChI=1S/C16H22N4O/c1-2-4-12(17)16(21)18-11-7-8-13-14(9-11)20-15(19-13)10-5-3-6-10/h7-10,12H,2-6,17H2,1H3,(H,18,21)(H,19,20). The number of anilines is 1. The first-order chi connectivity index (χ1) is 10.2. The maximum Gasteiger partial charge on any atom is 0.241 e. The number of hydrogen-bond acceptors (Lipinski definition) is 3. The number of nitrogens with two attached hydrogens (primary N) is 1. The molecule has 0 bridgehead atoms. The Bertz CT molecular complexity index is 645. The van der Waals surface area contributed by atoms with Crippen molar-refractivity contribution in [2.45, 2.75) is 51.0 Å². The highest BCUT2D eigenvalue weighted by atomic mass is 16.2. The van der Waals surface area contributed by atoms with Crippen LogP contribution in [0.1, 0.15) is 50.8 Å². The highest BCUT2D eigenvalue weighted by Crippen LogP contribution is 2.35. The molecule has 1 atom stereocenters. The summed E-state index contributed by atoms with van der Waals surface area (Å²) in [6.07, 6.45) is 5.33. The van der Waals surface area contributed by atoms with Crippen LogP contribution in [0.3, 0.4) is 0 Å². The third kappa shape index (κ3) is 2.93. The fourth-order valence-corrected chi connectivity index (χ4v) is 2.66. The van der Waals surface area contributed by atoms with Crippen molar-refractivity contribution in [3.8, 4) is 0 Å². The van der Waals surface area contributed by atoms with E-state index in [1.165, 1.54) is 19.3 Å². The second-order valence-electron chi connectivity index (χ2n) is 5.87. The number of benzene rings is 1. The van der Waals surface area contributed by atoms with Gasteiger partial charge in [-0.25, -0.2) is 4.98 Å². The second-order valence-corrected chi connectivity index (χ2v) is 5.87. The Morgan fingerprint density at radius 2 is 2.33 bits per heavy atom. The Hall–Kier alpha value is -1.88. The molecule has 0 radical (unpaired) electrons. The molecule has 5 heteroatoms. The molecule has 1 fully saturated rings. The van der Waals surface area contributed by atoms with Crippen LogP contribution in [0.2, 0.25) is 0 Å². The van der Waals surface area contributed by atoms with Crippen LogP contribution in [0.25, 0.3) is 11.0 Å². The summed E-state index contributed by atoms with van der Waals surface area (Å²) < 4.78 is 0. The zero-order valence-electron chi connectivity index (χ0n) is 12.4. The summed E-state index contributed by atoms with van der Waals surface area (Å²) in [6.45, 7) is 2.02. The van der Waals surface area contributed by atoms with Gasteiger partial charge in [0.05, 0.1) is 17.1 Å². The van der Waals surface area contributed by atoms with Gasteiger partial charge in [-0.2, -0.15) is 0 Å². The molecule has 0 aliphatic heterocycles. The highest BCUT2D eigenvalue weighted by molar-refractivity contribution is 5.96. The van der Waals surface area contributed by atoms with Crippen molar-refractivity contribution < 1.29 is 4.79 Å². The van der Waals surface area contributed by atoms with E-state index in [2.05, 4.69) is 15.3 Å².